The van der Waals surface area contributed by atoms with Gasteiger partial charge in [0, 0.05) is 37.0 Å². The molecule has 1 aromatic rings. The summed E-state index contributed by atoms with van der Waals surface area (Å²) >= 11 is 0. The van der Waals surface area contributed by atoms with Crippen molar-refractivity contribution in [2.45, 2.75) is 20.3 Å². The molecule has 1 heterocycles. The van der Waals surface area contributed by atoms with Crippen LogP contribution < -0.4 is 5.73 Å². The van der Waals surface area contributed by atoms with E-state index in [1.807, 2.05) is 19.9 Å². The van der Waals surface area contributed by atoms with E-state index in [4.69, 9.17) is 5.73 Å². The van der Waals surface area contributed by atoms with E-state index in [9.17, 15) is 4.79 Å². The van der Waals surface area contributed by atoms with Crippen LogP contribution in [-0.4, -0.2) is 35.4 Å². The van der Waals surface area contributed by atoms with Gasteiger partial charge < -0.3 is 10.6 Å². The summed E-state index contributed by atoms with van der Waals surface area (Å²) < 4.78 is 0. The number of hydrogen-bond acceptors (Lipinski definition) is 3. The van der Waals surface area contributed by atoms with E-state index in [-0.39, 0.29) is 5.91 Å². The number of pyridine rings is 1. The van der Waals surface area contributed by atoms with Gasteiger partial charge in [-0.25, -0.2) is 0 Å². The number of carbonyl (C=O) groups excluding carboxylic acids is 1. The summed E-state index contributed by atoms with van der Waals surface area (Å²) in [6.07, 6.45) is 2.38. The highest BCUT2D eigenvalue weighted by molar-refractivity contribution is 5.94. The lowest BCUT2D eigenvalue weighted by Crippen LogP contribution is -2.30. The van der Waals surface area contributed by atoms with E-state index < -0.39 is 0 Å². The molecule has 0 aliphatic heterocycles. The van der Waals surface area contributed by atoms with Gasteiger partial charge in [0.05, 0.1) is 0 Å². The third kappa shape index (κ3) is 3.03. The molecule has 88 valence electrons. The molecule has 0 unspecified atom stereocenters. The number of rotatable bonds is 5. The van der Waals surface area contributed by atoms with E-state index >= 15 is 0 Å². The van der Waals surface area contributed by atoms with Gasteiger partial charge in [-0.15, -0.1) is 0 Å². The predicted molar refractivity (Wildman–Crippen MR) is 64.2 cm³/mol. The topological polar surface area (TPSA) is 59.2 Å². The molecule has 0 spiro atoms. The van der Waals surface area contributed by atoms with Crippen molar-refractivity contribution in [2.24, 2.45) is 5.73 Å². The first-order valence-electron chi connectivity index (χ1n) is 5.67. The Hall–Kier alpha value is -1.42. The van der Waals surface area contributed by atoms with Crippen molar-refractivity contribution in [3.8, 4) is 0 Å². The van der Waals surface area contributed by atoms with Crippen LogP contribution in [0.1, 0.15) is 29.9 Å². The van der Waals surface area contributed by atoms with Gasteiger partial charge in [-0.2, -0.15) is 0 Å². The number of amides is 1. The molecule has 0 fully saturated rings. The summed E-state index contributed by atoms with van der Waals surface area (Å²) in [5.74, 6) is 0.0608. The summed E-state index contributed by atoms with van der Waals surface area (Å²) in [4.78, 5) is 18.0. The fourth-order valence-corrected chi connectivity index (χ4v) is 1.59. The van der Waals surface area contributed by atoms with Crippen molar-refractivity contribution < 1.29 is 4.79 Å². The quantitative estimate of drug-likeness (QED) is 0.809. The minimum atomic E-state index is 0.0608. The summed E-state index contributed by atoms with van der Waals surface area (Å²) in [6.45, 7) is 5.95. The highest BCUT2D eigenvalue weighted by Crippen LogP contribution is 2.06. The molecule has 0 radical (unpaired) electrons. The molecule has 0 aliphatic carbocycles. The minimum absolute atomic E-state index is 0.0608. The molecule has 1 rings (SSSR count). The van der Waals surface area contributed by atoms with Crippen LogP contribution in [0.25, 0.3) is 0 Å². The zero-order chi connectivity index (χ0) is 12.0. The van der Waals surface area contributed by atoms with Crippen LogP contribution in [0.2, 0.25) is 0 Å². The zero-order valence-electron chi connectivity index (χ0n) is 9.94. The summed E-state index contributed by atoms with van der Waals surface area (Å²) in [6, 6.07) is 3.58. The van der Waals surface area contributed by atoms with Crippen molar-refractivity contribution in [2.75, 3.05) is 19.6 Å². The average molecular weight is 221 g/mol. The van der Waals surface area contributed by atoms with E-state index in [1.54, 1.807) is 17.2 Å². The lowest BCUT2D eigenvalue weighted by molar-refractivity contribution is 0.0772. The highest BCUT2D eigenvalue weighted by Gasteiger charge is 2.12. The van der Waals surface area contributed by atoms with Crippen molar-refractivity contribution >= 4 is 5.91 Å². The predicted octanol–water partition coefficient (Wildman–Crippen LogP) is 1.06. The zero-order valence-corrected chi connectivity index (χ0v) is 9.94. The van der Waals surface area contributed by atoms with Gasteiger partial charge in [0.15, 0.2) is 0 Å². The molecule has 0 atom stereocenters. The van der Waals surface area contributed by atoms with Crippen molar-refractivity contribution in [3.05, 3.63) is 29.6 Å². The van der Waals surface area contributed by atoms with Crippen molar-refractivity contribution in [1.29, 1.82) is 0 Å². The van der Waals surface area contributed by atoms with Gasteiger partial charge in [0.2, 0.25) is 0 Å². The molecule has 0 saturated heterocycles. The maximum Gasteiger partial charge on any atom is 0.253 e. The number of nitrogens with two attached hydrogens (primary N) is 1. The molecule has 4 heteroatoms. The second-order valence-electron chi connectivity index (χ2n) is 3.55. The first-order valence-corrected chi connectivity index (χ1v) is 5.67. The fourth-order valence-electron chi connectivity index (χ4n) is 1.59. The Morgan fingerprint density at radius 3 is 2.69 bits per heavy atom. The second kappa shape index (κ2) is 6.23. The van der Waals surface area contributed by atoms with Crippen LogP contribution in [-0.2, 0) is 6.42 Å². The smallest absolute Gasteiger partial charge is 0.253 e. The third-order valence-electron chi connectivity index (χ3n) is 2.51. The molecule has 1 aromatic heterocycles. The molecule has 0 bridgehead atoms. The van der Waals surface area contributed by atoms with Crippen molar-refractivity contribution in [3.63, 3.8) is 0 Å². The van der Waals surface area contributed by atoms with Crippen LogP contribution in [0.3, 0.4) is 0 Å². The molecule has 1 amide bonds. The number of aromatic nitrogens is 1. The molecule has 0 aromatic carbocycles. The monoisotopic (exact) mass is 221 g/mol. The Morgan fingerprint density at radius 1 is 1.44 bits per heavy atom. The minimum Gasteiger partial charge on any atom is -0.339 e. The Balaban J connectivity index is 2.86. The van der Waals surface area contributed by atoms with Crippen LogP contribution in [0, 0.1) is 0 Å². The fraction of sp³-hybridized carbons (Fsp3) is 0.500. The van der Waals surface area contributed by atoms with Gasteiger partial charge in [-0.3, -0.25) is 9.78 Å². The largest absolute Gasteiger partial charge is 0.339 e. The first-order chi connectivity index (χ1) is 7.72. The number of nitrogens with zero attached hydrogens (tertiary/aromatic N) is 2. The van der Waals surface area contributed by atoms with E-state index in [1.165, 1.54) is 0 Å². The molecule has 4 nitrogen and oxygen atoms in total. The average Bonchev–Trinajstić information content (AvgIpc) is 2.31. The van der Waals surface area contributed by atoms with E-state index in [0.29, 0.717) is 18.5 Å². The molecule has 0 saturated carbocycles. The second-order valence-corrected chi connectivity index (χ2v) is 3.55. The van der Waals surface area contributed by atoms with Gasteiger partial charge in [0.25, 0.3) is 5.91 Å². The molecule has 2 N–H and O–H groups in total. The van der Waals surface area contributed by atoms with Gasteiger partial charge >= 0.3 is 0 Å². The Morgan fingerprint density at radius 2 is 2.12 bits per heavy atom. The summed E-state index contributed by atoms with van der Waals surface area (Å²) in [5.41, 5.74) is 7.04. The number of hydrogen-bond donors (Lipinski definition) is 1. The number of carbonyl (C=O) groups is 1. The van der Waals surface area contributed by atoms with E-state index in [2.05, 4.69) is 4.98 Å². The maximum atomic E-state index is 12.0. The lowest BCUT2D eigenvalue weighted by Gasteiger charge is -2.18. The van der Waals surface area contributed by atoms with Crippen LogP contribution >= 0.6 is 0 Å². The Bertz CT molecular complexity index is 348. The van der Waals surface area contributed by atoms with Gasteiger partial charge in [0.1, 0.15) is 0 Å². The maximum absolute atomic E-state index is 12.0. The van der Waals surface area contributed by atoms with Crippen LogP contribution in [0.5, 0.6) is 0 Å². The molecule has 0 aliphatic rings. The van der Waals surface area contributed by atoms with Crippen LogP contribution in [0.15, 0.2) is 18.3 Å². The first kappa shape index (κ1) is 12.6. The Labute approximate surface area is 96.5 Å². The molecular formula is C12H19N3O. The normalized spacial score (nSPS) is 10.2. The molecule has 16 heavy (non-hydrogen) atoms. The SMILES string of the molecule is CCN(CC)C(=O)c1ccnc(CCN)c1. The highest BCUT2D eigenvalue weighted by atomic mass is 16.2. The van der Waals surface area contributed by atoms with Gasteiger partial charge in [-0.1, -0.05) is 0 Å². The van der Waals surface area contributed by atoms with E-state index in [0.717, 1.165) is 18.8 Å². The Kier molecular flexibility index (Phi) is 4.92. The molecular weight excluding hydrogens is 202 g/mol. The van der Waals surface area contributed by atoms with Gasteiger partial charge in [-0.05, 0) is 32.5 Å². The lowest BCUT2D eigenvalue weighted by atomic mass is 10.1. The standard InChI is InChI=1S/C12H19N3O/c1-3-15(4-2)12(16)10-6-8-14-11(9-10)5-7-13/h6,8-9H,3-5,7,13H2,1-2H3. The summed E-state index contributed by atoms with van der Waals surface area (Å²) in [7, 11) is 0. The van der Waals surface area contributed by atoms with Crippen molar-refractivity contribution in [1.82, 2.24) is 9.88 Å². The third-order valence-corrected chi connectivity index (χ3v) is 2.51. The summed E-state index contributed by atoms with van der Waals surface area (Å²) in [5, 5.41) is 0. The van der Waals surface area contributed by atoms with Crippen LogP contribution in [0.4, 0.5) is 0 Å².